The molecule has 3 aromatic rings. The molecule has 178 valence electrons. The van der Waals surface area contributed by atoms with Gasteiger partial charge in [-0.25, -0.2) is 4.98 Å². The topological polar surface area (TPSA) is 88.5 Å². The molecular weight excluding hydrogens is 454 g/mol. The molecule has 2 N–H and O–H groups in total. The molecule has 1 atom stereocenters. The van der Waals surface area contributed by atoms with E-state index in [0.717, 1.165) is 18.7 Å². The second kappa shape index (κ2) is 11.8. The van der Waals surface area contributed by atoms with Gasteiger partial charge in [-0.2, -0.15) is 0 Å². The number of aryl methyl sites for hydroxylation is 1. The van der Waals surface area contributed by atoms with Crippen molar-refractivity contribution in [1.29, 1.82) is 0 Å². The van der Waals surface area contributed by atoms with Crippen molar-refractivity contribution < 1.29 is 14.3 Å². The second-order valence-electron chi connectivity index (χ2n) is 8.11. The summed E-state index contributed by atoms with van der Waals surface area (Å²) in [6.45, 7) is 3.91. The lowest BCUT2D eigenvalue weighted by molar-refractivity contribution is -0.116. The molecule has 0 radical (unpaired) electrons. The van der Waals surface area contributed by atoms with Crippen molar-refractivity contribution in [3.63, 3.8) is 0 Å². The standard InChI is InChI=1S/C25H28ClN5O3/c26-21-6-4-19(5-7-21)23(31-12-14-34-15-13-31)17-28-25(33)20-2-1-3-22(16-20)29-24(32)8-10-30-11-9-27-18-30/h1-7,9,11,16,18,23H,8,10,12-15,17H2,(H,28,33)(H,29,32). The summed E-state index contributed by atoms with van der Waals surface area (Å²) in [7, 11) is 0. The van der Waals surface area contributed by atoms with Gasteiger partial charge in [-0.15, -0.1) is 0 Å². The number of aromatic nitrogens is 2. The number of rotatable bonds is 9. The van der Waals surface area contributed by atoms with E-state index < -0.39 is 0 Å². The van der Waals surface area contributed by atoms with Crippen LogP contribution >= 0.6 is 11.6 Å². The average molecular weight is 482 g/mol. The highest BCUT2D eigenvalue weighted by atomic mass is 35.5. The molecule has 1 aliphatic rings. The largest absolute Gasteiger partial charge is 0.379 e. The molecule has 1 aromatic heterocycles. The van der Waals surface area contributed by atoms with Gasteiger partial charge in [0.05, 0.1) is 25.6 Å². The SMILES string of the molecule is O=C(CCn1ccnc1)Nc1cccc(C(=O)NCC(c2ccc(Cl)cc2)N2CCOCC2)c1. The van der Waals surface area contributed by atoms with Crippen LogP contribution in [-0.4, -0.2) is 59.1 Å². The van der Waals surface area contributed by atoms with Crippen LogP contribution in [0.3, 0.4) is 0 Å². The number of benzene rings is 2. The number of nitrogens with zero attached hydrogens (tertiary/aromatic N) is 3. The Kier molecular flexibility index (Phi) is 8.30. The van der Waals surface area contributed by atoms with Crippen molar-refractivity contribution in [2.24, 2.45) is 0 Å². The van der Waals surface area contributed by atoms with Crippen molar-refractivity contribution in [3.05, 3.63) is 83.4 Å². The molecule has 2 aromatic carbocycles. The zero-order valence-corrected chi connectivity index (χ0v) is 19.6. The van der Waals surface area contributed by atoms with Gasteiger partial charge in [0.2, 0.25) is 5.91 Å². The van der Waals surface area contributed by atoms with Crippen LogP contribution in [0, 0.1) is 0 Å². The smallest absolute Gasteiger partial charge is 0.251 e. The first-order chi connectivity index (χ1) is 16.6. The van der Waals surface area contributed by atoms with E-state index >= 15 is 0 Å². The molecular formula is C25H28ClN5O3. The summed E-state index contributed by atoms with van der Waals surface area (Å²) in [4.78, 5) is 31.5. The van der Waals surface area contributed by atoms with Gasteiger partial charge < -0.3 is 19.9 Å². The summed E-state index contributed by atoms with van der Waals surface area (Å²) in [5.74, 6) is -0.317. The molecule has 1 fully saturated rings. The number of halogens is 1. The molecule has 0 aliphatic carbocycles. The molecule has 2 heterocycles. The normalized spacial score (nSPS) is 15.0. The van der Waals surface area contributed by atoms with E-state index in [2.05, 4.69) is 20.5 Å². The lowest BCUT2D eigenvalue weighted by atomic mass is 10.0. The summed E-state index contributed by atoms with van der Waals surface area (Å²) in [5.41, 5.74) is 2.17. The Balaban J connectivity index is 1.36. The van der Waals surface area contributed by atoms with Gasteiger partial charge in [0.25, 0.3) is 5.91 Å². The predicted octanol–water partition coefficient (Wildman–Crippen LogP) is 3.37. The summed E-state index contributed by atoms with van der Waals surface area (Å²) in [6.07, 6.45) is 5.48. The molecule has 2 amide bonds. The Morgan fingerprint density at radius 3 is 2.65 bits per heavy atom. The quantitative estimate of drug-likeness (QED) is 0.489. The summed E-state index contributed by atoms with van der Waals surface area (Å²) in [6, 6.07) is 14.7. The van der Waals surface area contributed by atoms with Crippen LogP contribution in [0.4, 0.5) is 5.69 Å². The van der Waals surface area contributed by atoms with E-state index in [1.807, 2.05) is 35.0 Å². The monoisotopic (exact) mass is 481 g/mol. The maximum Gasteiger partial charge on any atom is 0.251 e. The molecule has 8 nitrogen and oxygen atoms in total. The highest BCUT2D eigenvalue weighted by Gasteiger charge is 2.23. The minimum Gasteiger partial charge on any atom is -0.379 e. The molecule has 34 heavy (non-hydrogen) atoms. The van der Waals surface area contributed by atoms with Crippen molar-refractivity contribution >= 4 is 29.1 Å². The first-order valence-corrected chi connectivity index (χ1v) is 11.7. The Hall–Kier alpha value is -3.20. The third-order valence-electron chi connectivity index (χ3n) is 5.76. The average Bonchev–Trinajstić information content (AvgIpc) is 3.38. The first kappa shape index (κ1) is 23.9. The van der Waals surface area contributed by atoms with Crippen LogP contribution in [0.15, 0.2) is 67.3 Å². The Bertz CT molecular complexity index is 1080. The molecule has 4 rings (SSSR count). The highest BCUT2D eigenvalue weighted by molar-refractivity contribution is 6.30. The van der Waals surface area contributed by atoms with Gasteiger partial charge in [-0.1, -0.05) is 29.8 Å². The minimum atomic E-state index is -0.193. The molecule has 0 saturated carbocycles. The van der Waals surface area contributed by atoms with E-state index in [1.165, 1.54) is 0 Å². The van der Waals surface area contributed by atoms with Gasteiger partial charge in [0, 0.05) is 61.3 Å². The fourth-order valence-corrected chi connectivity index (χ4v) is 4.06. The third-order valence-corrected chi connectivity index (χ3v) is 6.01. The minimum absolute atomic E-state index is 0.0104. The van der Waals surface area contributed by atoms with E-state index in [0.29, 0.717) is 49.0 Å². The number of amides is 2. The number of hydrogen-bond donors (Lipinski definition) is 2. The van der Waals surface area contributed by atoms with E-state index in [9.17, 15) is 9.59 Å². The zero-order valence-electron chi connectivity index (χ0n) is 18.8. The number of morpholine rings is 1. The fourth-order valence-electron chi connectivity index (χ4n) is 3.93. The van der Waals surface area contributed by atoms with E-state index in [-0.39, 0.29) is 17.9 Å². The fraction of sp³-hybridized carbons (Fsp3) is 0.320. The Morgan fingerprint density at radius 1 is 1.12 bits per heavy atom. The number of ether oxygens (including phenoxy) is 1. The van der Waals surface area contributed by atoms with Crippen LogP contribution in [0.2, 0.25) is 5.02 Å². The Labute approximate surface area is 203 Å². The molecule has 0 spiro atoms. The number of carbonyl (C=O) groups excluding carboxylic acids is 2. The molecule has 0 bridgehead atoms. The Morgan fingerprint density at radius 2 is 1.91 bits per heavy atom. The second-order valence-corrected chi connectivity index (χ2v) is 8.54. The summed E-state index contributed by atoms with van der Waals surface area (Å²) in [5, 5.41) is 6.59. The van der Waals surface area contributed by atoms with Gasteiger partial charge in [-0.3, -0.25) is 14.5 Å². The van der Waals surface area contributed by atoms with Crippen LogP contribution in [0.25, 0.3) is 0 Å². The van der Waals surface area contributed by atoms with Crippen LogP contribution in [0.1, 0.15) is 28.4 Å². The number of anilines is 1. The van der Waals surface area contributed by atoms with Crippen LogP contribution in [0.5, 0.6) is 0 Å². The van der Waals surface area contributed by atoms with Crippen molar-refractivity contribution in [1.82, 2.24) is 19.8 Å². The molecule has 1 aliphatic heterocycles. The number of hydrogen-bond acceptors (Lipinski definition) is 5. The lowest BCUT2D eigenvalue weighted by Gasteiger charge is -2.35. The number of nitrogens with one attached hydrogen (secondary N) is 2. The van der Waals surface area contributed by atoms with Gasteiger partial charge in [-0.05, 0) is 35.9 Å². The molecule has 9 heteroatoms. The highest BCUT2D eigenvalue weighted by Crippen LogP contribution is 2.23. The van der Waals surface area contributed by atoms with Crippen LogP contribution in [-0.2, 0) is 16.1 Å². The van der Waals surface area contributed by atoms with Crippen LogP contribution < -0.4 is 10.6 Å². The predicted molar refractivity (Wildman–Crippen MR) is 131 cm³/mol. The lowest BCUT2D eigenvalue weighted by Crippen LogP contribution is -2.43. The first-order valence-electron chi connectivity index (χ1n) is 11.3. The van der Waals surface area contributed by atoms with Gasteiger partial charge in [0.15, 0.2) is 0 Å². The number of imidazole rings is 1. The van der Waals surface area contributed by atoms with Crippen molar-refractivity contribution in [3.8, 4) is 0 Å². The third kappa shape index (κ3) is 6.66. The van der Waals surface area contributed by atoms with Crippen molar-refractivity contribution in [2.75, 3.05) is 38.2 Å². The zero-order chi connectivity index (χ0) is 23.8. The number of carbonyl (C=O) groups is 2. The molecule has 1 unspecified atom stereocenters. The van der Waals surface area contributed by atoms with Gasteiger partial charge >= 0.3 is 0 Å². The van der Waals surface area contributed by atoms with E-state index in [1.54, 1.807) is 36.8 Å². The maximum atomic E-state index is 12.9. The molecule has 1 saturated heterocycles. The maximum absolute atomic E-state index is 12.9. The van der Waals surface area contributed by atoms with Gasteiger partial charge in [0.1, 0.15) is 0 Å². The van der Waals surface area contributed by atoms with E-state index in [4.69, 9.17) is 16.3 Å². The summed E-state index contributed by atoms with van der Waals surface area (Å²) < 4.78 is 7.34. The summed E-state index contributed by atoms with van der Waals surface area (Å²) >= 11 is 6.07. The van der Waals surface area contributed by atoms with Crippen molar-refractivity contribution in [2.45, 2.75) is 19.0 Å².